The van der Waals surface area contributed by atoms with Crippen LogP contribution >= 0.6 is 0 Å². The van der Waals surface area contributed by atoms with Crippen LogP contribution in [0.25, 0.3) is 0 Å². The number of hydrogen-bond donors (Lipinski definition) is 4. The molecule has 0 fully saturated rings. The van der Waals surface area contributed by atoms with E-state index in [2.05, 4.69) is 62.5 Å². The molecule has 480 valence electrons. The Morgan fingerprint density at radius 1 is 0.464 bits per heavy atom. The minimum absolute atomic E-state index is 0.0304. The molecule has 14 heteroatoms. The number of ether oxygens (including phenoxy) is 5. The minimum Gasteiger partial charge on any atom is -0.462 e. The Hall–Kier alpha value is -4.79. The molecule has 4 unspecified atom stereocenters. The lowest BCUT2D eigenvalue weighted by atomic mass is 10.1. The summed E-state index contributed by atoms with van der Waals surface area (Å²) in [6.07, 6.45) is 49.2. The van der Waals surface area contributed by atoms with Crippen molar-refractivity contribution in [1.29, 1.82) is 0 Å². The van der Waals surface area contributed by atoms with Crippen molar-refractivity contribution in [2.24, 2.45) is 0 Å². The van der Waals surface area contributed by atoms with Crippen molar-refractivity contribution in [2.75, 3.05) is 31.7 Å². The van der Waals surface area contributed by atoms with Crippen LogP contribution in [0.15, 0.2) is 66.8 Å². The van der Waals surface area contributed by atoms with Crippen LogP contribution in [0.5, 0.6) is 0 Å². The van der Waals surface area contributed by atoms with Gasteiger partial charge in [-0.05, 0) is 127 Å². The number of hydrogen-bond acceptors (Lipinski definition) is 13. The van der Waals surface area contributed by atoms with Gasteiger partial charge >= 0.3 is 30.0 Å². The highest BCUT2D eigenvalue weighted by Gasteiger charge is 2.20. The maximum atomic E-state index is 13.0. The standard InChI is InChI=1S/C70H117NO13/c1-5-8-11-32-43-61(73)45-34-26-20-14-17-23-29-38-49-66(75)81-57-64(83-68(77)51-40-31-25-18-15-21-27-35-46-62(74)44-33-12-9-6-2)58-82-67(76)50-39-30-24-19-16-22-28-37-48-63(47-36-13-10-7-3)84-70(79)71-60-53-52-59(4)65(56-60)69(78)80-55-42-41-54-72/h26-28,34-35,37,41-42,52-53,56,61-64,72-74H,5-25,29-33,36,38-40,43-51,54-55,57-58H2,1-4H3,(H,71,79)/b34-26+,35-27+,37-28+,42-41+. The lowest BCUT2D eigenvalue weighted by Crippen LogP contribution is -2.30. The Kier molecular flexibility index (Phi) is 51.5. The number of carbonyl (C=O) groups is 5. The summed E-state index contributed by atoms with van der Waals surface area (Å²) in [7, 11) is 0. The van der Waals surface area contributed by atoms with Gasteiger partial charge in [-0.2, -0.15) is 0 Å². The Bertz CT molecular complexity index is 1930. The third-order valence-corrected chi connectivity index (χ3v) is 14.9. The van der Waals surface area contributed by atoms with Crippen LogP contribution in [-0.4, -0.2) is 96.1 Å². The Labute approximate surface area is 508 Å². The predicted molar refractivity (Wildman–Crippen MR) is 340 cm³/mol. The minimum atomic E-state index is -0.881. The molecule has 1 aromatic carbocycles. The quantitative estimate of drug-likeness (QED) is 0.0208. The topological polar surface area (TPSA) is 204 Å². The number of allylic oxidation sites excluding steroid dienone is 3. The molecule has 0 aliphatic heterocycles. The third kappa shape index (κ3) is 47.5. The maximum Gasteiger partial charge on any atom is 0.411 e. The van der Waals surface area contributed by atoms with E-state index < -0.39 is 24.1 Å². The Morgan fingerprint density at radius 2 is 0.905 bits per heavy atom. The number of amides is 1. The van der Waals surface area contributed by atoms with Crippen molar-refractivity contribution in [1.82, 2.24) is 0 Å². The largest absolute Gasteiger partial charge is 0.462 e. The predicted octanol–water partition coefficient (Wildman–Crippen LogP) is 17.3. The first-order valence-electron chi connectivity index (χ1n) is 33.2. The molecule has 14 nitrogen and oxygen atoms in total. The lowest BCUT2D eigenvalue weighted by Gasteiger charge is -2.18. The number of aliphatic hydroxyl groups excluding tert-OH is 3. The summed E-state index contributed by atoms with van der Waals surface area (Å²) < 4.78 is 28.0. The van der Waals surface area contributed by atoms with E-state index in [9.17, 15) is 34.2 Å². The van der Waals surface area contributed by atoms with Crippen LogP contribution < -0.4 is 5.32 Å². The van der Waals surface area contributed by atoms with Gasteiger partial charge in [0.2, 0.25) is 0 Å². The molecule has 1 rings (SSSR count). The van der Waals surface area contributed by atoms with E-state index in [1.807, 2.05) is 0 Å². The third-order valence-electron chi connectivity index (χ3n) is 14.9. The van der Waals surface area contributed by atoms with Crippen LogP contribution in [0.3, 0.4) is 0 Å². The number of anilines is 1. The number of benzene rings is 1. The molecule has 4 atom stereocenters. The number of rotatable bonds is 56. The summed E-state index contributed by atoms with van der Waals surface area (Å²) in [5, 5.41) is 32.0. The van der Waals surface area contributed by atoms with Gasteiger partial charge in [0, 0.05) is 31.4 Å². The Morgan fingerprint density at radius 3 is 1.39 bits per heavy atom. The summed E-state index contributed by atoms with van der Waals surface area (Å²) in [4.78, 5) is 64.2. The van der Waals surface area contributed by atoms with Crippen LogP contribution in [0.2, 0.25) is 0 Å². The van der Waals surface area contributed by atoms with E-state index in [1.54, 1.807) is 31.2 Å². The molecule has 84 heavy (non-hydrogen) atoms. The highest BCUT2D eigenvalue weighted by atomic mass is 16.6. The molecule has 0 saturated carbocycles. The molecule has 1 amide bonds. The molecule has 0 aliphatic rings. The zero-order valence-electron chi connectivity index (χ0n) is 53.0. The van der Waals surface area contributed by atoms with Gasteiger partial charge in [0.15, 0.2) is 6.10 Å². The van der Waals surface area contributed by atoms with E-state index in [-0.39, 0.29) is 75.9 Å². The molecule has 0 heterocycles. The Balaban J connectivity index is 2.54. The molecule has 0 radical (unpaired) electrons. The monoisotopic (exact) mass is 1180 g/mol. The number of carbonyl (C=O) groups excluding carboxylic acids is 5. The average molecular weight is 1180 g/mol. The molecule has 0 saturated heterocycles. The highest BCUT2D eigenvalue weighted by molar-refractivity contribution is 5.94. The van der Waals surface area contributed by atoms with E-state index in [4.69, 9.17) is 28.8 Å². The molecule has 4 N–H and O–H groups in total. The number of esters is 4. The SMILES string of the molecule is CCCCCCC(O)C/C=C/CCCCCCCC(=O)OCC(COC(=O)CCCCCCC/C=C/CC(CCCCCC)OC(=O)Nc1ccc(C)c(C(=O)OC/C=C/CO)c1)OC(=O)CCCCCCC/C=C/CC(O)CCCCCC. The van der Waals surface area contributed by atoms with Crippen LogP contribution in [-0.2, 0) is 38.1 Å². The van der Waals surface area contributed by atoms with Gasteiger partial charge in [-0.15, -0.1) is 0 Å². The van der Waals surface area contributed by atoms with Crippen molar-refractivity contribution in [3.8, 4) is 0 Å². The van der Waals surface area contributed by atoms with Gasteiger partial charge in [0.05, 0.1) is 24.4 Å². The van der Waals surface area contributed by atoms with Crippen molar-refractivity contribution in [2.45, 2.75) is 303 Å². The van der Waals surface area contributed by atoms with Crippen molar-refractivity contribution in [3.63, 3.8) is 0 Å². The van der Waals surface area contributed by atoms with Crippen molar-refractivity contribution < 1.29 is 63.0 Å². The smallest absolute Gasteiger partial charge is 0.411 e. The number of aliphatic hydroxyl groups is 3. The first kappa shape index (κ1) is 77.2. The van der Waals surface area contributed by atoms with E-state index >= 15 is 0 Å². The lowest BCUT2D eigenvalue weighted by molar-refractivity contribution is -0.167. The molecule has 0 spiro atoms. The zero-order chi connectivity index (χ0) is 61.4. The van der Waals surface area contributed by atoms with Gasteiger partial charge in [0.25, 0.3) is 0 Å². The van der Waals surface area contributed by atoms with E-state index in [0.717, 1.165) is 154 Å². The first-order valence-corrected chi connectivity index (χ1v) is 33.2. The van der Waals surface area contributed by atoms with Crippen molar-refractivity contribution >= 4 is 35.7 Å². The summed E-state index contributed by atoms with van der Waals surface area (Å²) >= 11 is 0. The van der Waals surface area contributed by atoms with Crippen LogP contribution in [0.4, 0.5) is 10.5 Å². The second-order valence-corrected chi connectivity index (χ2v) is 22.8. The summed E-state index contributed by atoms with van der Waals surface area (Å²) in [6.45, 7) is 7.88. The maximum absolute atomic E-state index is 13.0. The molecular formula is C70H117NO13. The van der Waals surface area contributed by atoms with E-state index in [1.165, 1.54) is 44.6 Å². The van der Waals surface area contributed by atoms with E-state index in [0.29, 0.717) is 55.3 Å². The highest BCUT2D eigenvalue weighted by Crippen LogP contribution is 2.20. The normalized spacial score (nSPS) is 13.2. The van der Waals surface area contributed by atoms with Gasteiger partial charge in [-0.3, -0.25) is 19.7 Å². The first-order chi connectivity index (χ1) is 40.9. The fourth-order valence-corrected chi connectivity index (χ4v) is 9.61. The fourth-order valence-electron chi connectivity index (χ4n) is 9.61. The average Bonchev–Trinajstić information content (AvgIpc) is 3.48. The molecule has 0 aromatic heterocycles. The van der Waals surface area contributed by atoms with Gasteiger partial charge in [0.1, 0.15) is 25.9 Å². The number of nitrogens with one attached hydrogen (secondary N) is 1. The molecule has 0 aliphatic carbocycles. The summed E-state index contributed by atoms with van der Waals surface area (Å²) in [5.41, 5.74) is 1.47. The zero-order valence-corrected chi connectivity index (χ0v) is 53.0. The van der Waals surface area contributed by atoms with Gasteiger partial charge < -0.3 is 39.0 Å². The van der Waals surface area contributed by atoms with Crippen LogP contribution in [0.1, 0.15) is 287 Å². The van der Waals surface area contributed by atoms with Crippen LogP contribution in [0, 0.1) is 6.92 Å². The second-order valence-electron chi connectivity index (χ2n) is 22.8. The second kappa shape index (κ2) is 56.0. The summed E-state index contributed by atoms with van der Waals surface area (Å²) in [6, 6.07) is 5.03. The molecular weight excluding hydrogens is 1060 g/mol. The summed E-state index contributed by atoms with van der Waals surface area (Å²) in [5.74, 6) is -1.66. The number of unbranched alkanes of at least 4 members (excludes halogenated alkanes) is 24. The van der Waals surface area contributed by atoms with Gasteiger partial charge in [-0.1, -0.05) is 198 Å². The van der Waals surface area contributed by atoms with Crippen molar-refractivity contribution in [3.05, 3.63) is 77.9 Å². The molecule has 1 aromatic rings. The number of aryl methyl sites for hydroxylation is 1. The molecule has 0 bridgehead atoms. The fraction of sp³-hybridized carbons (Fsp3) is 0.729. The van der Waals surface area contributed by atoms with Gasteiger partial charge in [-0.25, -0.2) is 9.59 Å².